The Kier molecular flexibility index (Phi) is 2.77. The maximum absolute atomic E-state index is 12.0. The molecule has 9 heteroatoms. The number of fused-ring (bicyclic) bond motifs is 2. The number of methoxy groups -OCH3 is 1. The largest absolute Gasteiger partial charge is 0.464 e. The molecule has 0 unspecified atom stereocenters. The number of H-pyrrole nitrogens is 1. The number of hydrogen-bond acceptors (Lipinski definition) is 7. The van der Waals surface area contributed by atoms with E-state index in [1.54, 1.807) is 12.1 Å². The Morgan fingerprint density at radius 1 is 1.33 bits per heavy atom. The van der Waals surface area contributed by atoms with Crippen LogP contribution < -0.4 is 5.32 Å². The standard InChI is InChI=1S/C15H13N5O4/c1-15(2)6-4-8-9(5-7(6)17-14(15)22)24-12(16-8)10-11(13(21)23-3)19-20-18-10/h4-5H,1-3H3,(H,17,22)(H,18,19,20). The van der Waals surface area contributed by atoms with Gasteiger partial charge in [-0.25, -0.2) is 9.78 Å². The number of oxazole rings is 1. The summed E-state index contributed by atoms with van der Waals surface area (Å²) in [4.78, 5) is 28.1. The van der Waals surface area contributed by atoms with Crippen molar-refractivity contribution in [3.8, 4) is 11.6 Å². The number of anilines is 1. The van der Waals surface area contributed by atoms with Crippen LogP contribution in [0.5, 0.6) is 0 Å². The molecule has 0 saturated carbocycles. The van der Waals surface area contributed by atoms with Gasteiger partial charge in [-0.15, -0.1) is 5.10 Å². The minimum absolute atomic E-state index is 0.0604. The van der Waals surface area contributed by atoms with Crippen molar-refractivity contribution < 1.29 is 18.7 Å². The maximum Gasteiger partial charge on any atom is 0.358 e. The van der Waals surface area contributed by atoms with Gasteiger partial charge in [0.15, 0.2) is 17.0 Å². The van der Waals surface area contributed by atoms with Crippen molar-refractivity contribution in [2.75, 3.05) is 12.4 Å². The average molecular weight is 327 g/mol. The molecule has 3 aromatic rings. The first kappa shape index (κ1) is 14.4. The number of ether oxygens (including phenoxy) is 1. The molecule has 0 saturated heterocycles. The van der Waals surface area contributed by atoms with E-state index in [9.17, 15) is 9.59 Å². The number of nitrogens with zero attached hydrogens (tertiary/aromatic N) is 3. The topological polar surface area (TPSA) is 123 Å². The highest BCUT2D eigenvalue weighted by Crippen LogP contribution is 2.40. The molecule has 122 valence electrons. The average Bonchev–Trinajstić information content (AvgIpc) is 3.22. The summed E-state index contributed by atoms with van der Waals surface area (Å²) in [5.74, 6) is -0.546. The Morgan fingerprint density at radius 2 is 2.12 bits per heavy atom. The first-order chi connectivity index (χ1) is 11.4. The van der Waals surface area contributed by atoms with Crippen molar-refractivity contribution in [2.45, 2.75) is 19.3 Å². The van der Waals surface area contributed by atoms with E-state index in [-0.39, 0.29) is 23.2 Å². The fourth-order valence-corrected chi connectivity index (χ4v) is 2.72. The Hall–Kier alpha value is -3.23. The van der Waals surface area contributed by atoms with Crippen molar-refractivity contribution in [2.24, 2.45) is 0 Å². The van der Waals surface area contributed by atoms with Crippen molar-refractivity contribution >= 4 is 28.7 Å². The molecule has 2 aromatic heterocycles. The fraction of sp³-hybridized carbons (Fsp3) is 0.267. The third kappa shape index (κ3) is 1.84. The minimum Gasteiger partial charge on any atom is -0.464 e. The summed E-state index contributed by atoms with van der Waals surface area (Å²) in [6.07, 6.45) is 0. The lowest BCUT2D eigenvalue weighted by molar-refractivity contribution is -0.119. The Balaban J connectivity index is 1.86. The summed E-state index contributed by atoms with van der Waals surface area (Å²) in [5, 5.41) is 12.7. The molecule has 1 aromatic carbocycles. The van der Waals surface area contributed by atoms with Crippen LogP contribution in [0.4, 0.5) is 5.69 Å². The zero-order valence-electron chi connectivity index (χ0n) is 13.1. The van der Waals surface area contributed by atoms with E-state index in [4.69, 9.17) is 4.42 Å². The summed E-state index contributed by atoms with van der Waals surface area (Å²) in [5.41, 5.74) is 2.15. The number of aromatic amines is 1. The van der Waals surface area contributed by atoms with Gasteiger partial charge < -0.3 is 14.5 Å². The van der Waals surface area contributed by atoms with Crippen LogP contribution in [0.25, 0.3) is 22.7 Å². The Bertz CT molecular complexity index is 1000. The maximum atomic E-state index is 12.0. The lowest BCUT2D eigenvalue weighted by Crippen LogP contribution is -2.26. The van der Waals surface area contributed by atoms with Gasteiger partial charge in [0, 0.05) is 11.8 Å². The van der Waals surface area contributed by atoms with E-state index in [0.29, 0.717) is 16.8 Å². The zero-order chi connectivity index (χ0) is 17.1. The predicted molar refractivity (Wildman–Crippen MR) is 82.4 cm³/mol. The van der Waals surface area contributed by atoms with Crippen LogP contribution in [-0.2, 0) is 14.9 Å². The summed E-state index contributed by atoms with van der Waals surface area (Å²) < 4.78 is 10.4. The molecule has 1 aliphatic heterocycles. The molecule has 0 bridgehead atoms. The molecule has 1 aliphatic rings. The van der Waals surface area contributed by atoms with E-state index in [2.05, 4.69) is 30.4 Å². The number of aromatic nitrogens is 4. The highest BCUT2D eigenvalue weighted by Gasteiger charge is 2.39. The van der Waals surface area contributed by atoms with Crippen molar-refractivity contribution in [3.63, 3.8) is 0 Å². The number of amides is 1. The molecule has 0 radical (unpaired) electrons. The molecule has 4 rings (SSSR count). The van der Waals surface area contributed by atoms with Gasteiger partial charge in [-0.05, 0) is 25.5 Å². The van der Waals surface area contributed by atoms with Crippen LogP contribution in [0.15, 0.2) is 16.5 Å². The number of rotatable bonds is 2. The van der Waals surface area contributed by atoms with Gasteiger partial charge in [0.05, 0.1) is 12.5 Å². The first-order valence-electron chi connectivity index (χ1n) is 7.18. The quantitative estimate of drug-likeness (QED) is 0.686. The SMILES string of the molecule is COC(=O)c1[nH]nnc1-c1nc2cc3c(cc2o1)NC(=O)C3(C)C. The molecular formula is C15H13N5O4. The third-order valence-electron chi connectivity index (χ3n) is 4.16. The van der Waals surface area contributed by atoms with E-state index >= 15 is 0 Å². The summed E-state index contributed by atoms with van der Waals surface area (Å²) in [7, 11) is 1.26. The van der Waals surface area contributed by atoms with Gasteiger partial charge in [-0.3, -0.25) is 9.89 Å². The third-order valence-corrected chi connectivity index (χ3v) is 4.16. The number of carbonyl (C=O) groups is 2. The van der Waals surface area contributed by atoms with E-state index in [0.717, 1.165) is 5.56 Å². The second kappa shape index (κ2) is 4.63. The second-order valence-corrected chi connectivity index (χ2v) is 5.99. The lowest BCUT2D eigenvalue weighted by Gasteiger charge is -2.14. The highest BCUT2D eigenvalue weighted by atomic mass is 16.5. The van der Waals surface area contributed by atoms with Gasteiger partial charge >= 0.3 is 5.97 Å². The smallest absolute Gasteiger partial charge is 0.358 e. The van der Waals surface area contributed by atoms with Crippen LogP contribution >= 0.6 is 0 Å². The summed E-state index contributed by atoms with van der Waals surface area (Å²) in [6, 6.07) is 3.51. The van der Waals surface area contributed by atoms with Gasteiger partial charge in [0.1, 0.15) is 5.52 Å². The number of hydrogen-bond donors (Lipinski definition) is 2. The molecular weight excluding hydrogens is 314 g/mol. The van der Waals surface area contributed by atoms with E-state index < -0.39 is 11.4 Å². The molecule has 0 aliphatic carbocycles. The summed E-state index contributed by atoms with van der Waals surface area (Å²) in [6.45, 7) is 3.68. The van der Waals surface area contributed by atoms with Crippen molar-refractivity contribution in [1.29, 1.82) is 0 Å². The normalized spacial score (nSPS) is 15.4. The Labute approximate surface area is 135 Å². The van der Waals surface area contributed by atoms with Crippen LogP contribution in [-0.4, -0.2) is 39.4 Å². The molecule has 24 heavy (non-hydrogen) atoms. The van der Waals surface area contributed by atoms with Crippen molar-refractivity contribution in [3.05, 3.63) is 23.4 Å². The molecule has 3 heterocycles. The zero-order valence-corrected chi connectivity index (χ0v) is 13.1. The lowest BCUT2D eigenvalue weighted by atomic mass is 9.86. The van der Waals surface area contributed by atoms with Crippen LogP contribution in [0.3, 0.4) is 0 Å². The highest BCUT2D eigenvalue weighted by molar-refractivity contribution is 6.07. The minimum atomic E-state index is -0.645. The molecule has 0 fully saturated rings. The van der Waals surface area contributed by atoms with Crippen LogP contribution in [0.1, 0.15) is 29.9 Å². The molecule has 9 nitrogen and oxygen atoms in total. The van der Waals surface area contributed by atoms with E-state index in [1.807, 2.05) is 13.8 Å². The van der Waals surface area contributed by atoms with Crippen molar-refractivity contribution in [1.82, 2.24) is 20.4 Å². The number of nitrogens with one attached hydrogen (secondary N) is 2. The molecule has 1 amide bonds. The Morgan fingerprint density at radius 3 is 2.88 bits per heavy atom. The molecule has 0 atom stereocenters. The monoisotopic (exact) mass is 327 g/mol. The van der Waals surface area contributed by atoms with Crippen LogP contribution in [0.2, 0.25) is 0 Å². The summed E-state index contributed by atoms with van der Waals surface area (Å²) >= 11 is 0. The number of benzene rings is 1. The van der Waals surface area contributed by atoms with Gasteiger partial charge in [-0.1, -0.05) is 5.21 Å². The number of esters is 1. The first-order valence-corrected chi connectivity index (χ1v) is 7.18. The van der Waals surface area contributed by atoms with Crippen LogP contribution in [0, 0.1) is 0 Å². The fourth-order valence-electron chi connectivity index (χ4n) is 2.72. The predicted octanol–water partition coefficient (Wildman–Crippen LogP) is 1.63. The molecule has 0 spiro atoms. The second-order valence-electron chi connectivity index (χ2n) is 5.99. The van der Waals surface area contributed by atoms with E-state index in [1.165, 1.54) is 7.11 Å². The van der Waals surface area contributed by atoms with Gasteiger partial charge in [0.25, 0.3) is 5.89 Å². The van der Waals surface area contributed by atoms with Gasteiger partial charge in [0.2, 0.25) is 5.91 Å². The van der Waals surface area contributed by atoms with Gasteiger partial charge in [-0.2, -0.15) is 0 Å². The number of carbonyl (C=O) groups excluding carboxylic acids is 2. The molecule has 2 N–H and O–H groups in total.